The molecule has 0 N–H and O–H groups in total. The van der Waals surface area contributed by atoms with Gasteiger partial charge in [0, 0.05) is 7.11 Å². The Morgan fingerprint density at radius 2 is 1.79 bits per heavy atom. The molecule has 5 nitrogen and oxygen atoms in total. The molecule has 0 radical (unpaired) electrons. The molecule has 0 aliphatic carbocycles. The van der Waals surface area contributed by atoms with Gasteiger partial charge < -0.3 is 18.9 Å². The number of carbonyl (C=O) groups is 1. The zero-order chi connectivity index (χ0) is 10.8. The van der Waals surface area contributed by atoms with Crippen molar-refractivity contribution in [2.45, 2.75) is 13.0 Å². The number of hydrogen-bond acceptors (Lipinski definition) is 5. The molecular weight excluding hydrogens is 188 g/mol. The molecule has 0 aromatic heterocycles. The number of hydrogen-bond donors (Lipinski definition) is 0. The maximum absolute atomic E-state index is 10.9. The van der Waals surface area contributed by atoms with Gasteiger partial charge in [-0.2, -0.15) is 0 Å². The third-order valence-corrected chi connectivity index (χ3v) is 1.56. The predicted octanol–water partition coefficient (Wildman–Crippen LogP) is 0.227. The highest BCUT2D eigenvalue weighted by atomic mass is 16.6. The van der Waals surface area contributed by atoms with Gasteiger partial charge in [-0.05, 0) is 6.92 Å². The summed E-state index contributed by atoms with van der Waals surface area (Å²) in [6.07, 6.45) is -0.536. The Morgan fingerprint density at radius 3 is 2.36 bits per heavy atom. The molecule has 0 aromatic carbocycles. The molecule has 84 valence electrons. The van der Waals surface area contributed by atoms with Crippen LogP contribution in [-0.2, 0) is 23.7 Å². The maximum atomic E-state index is 10.9. The molecule has 0 aliphatic heterocycles. The molecule has 0 spiro atoms. The highest BCUT2D eigenvalue weighted by molar-refractivity contribution is 5.73. The Morgan fingerprint density at radius 1 is 1.14 bits per heavy atom. The second-order valence-corrected chi connectivity index (χ2v) is 2.64. The van der Waals surface area contributed by atoms with Crippen LogP contribution in [0.3, 0.4) is 0 Å². The smallest absolute Gasteiger partial charge is 0.334 e. The fraction of sp³-hybridized carbons (Fsp3) is 0.889. The Balaban J connectivity index is 3.23. The first-order chi connectivity index (χ1) is 6.72. The molecule has 5 heteroatoms. The summed E-state index contributed by atoms with van der Waals surface area (Å²) in [7, 11) is 2.94. The van der Waals surface area contributed by atoms with Crippen LogP contribution >= 0.6 is 0 Å². The fourth-order valence-electron chi connectivity index (χ4n) is 0.762. The quantitative estimate of drug-likeness (QED) is 0.420. The van der Waals surface area contributed by atoms with Crippen LogP contribution in [0.4, 0.5) is 0 Å². The Hall–Kier alpha value is -0.650. The first kappa shape index (κ1) is 13.4. The molecule has 0 unspecified atom stereocenters. The van der Waals surface area contributed by atoms with Crippen molar-refractivity contribution in [2.24, 2.45) is 0 Å². The van der Waals surface area contributed by atoms with Crippen LogP contribution in [0.25, 0.3) is 0 Å². The van der Waals surface area contributed by atoms with Crippen molar-refractivity contribution in [3.8, 4) is 0 Å². The van der Waals surface area contributed by atoms with E-state index in [4.69, 9.17) is 14.2 Å². The zero-order valence-electron chi connectivity index (χ0n) is 8.95. The number of rotatable bonds is 8. The molecule has 0 heterocycles. The van der Waals surface area contributed by atoms with Crippen LogP contribution in [0.15, 0.2) is 0 Å². The summed E-state index contributed by atoms with van der Waals surface area (Å²) < 4.78 is 19.5. The molecule has 0 rings (SSSR count). The average molecular weight is 206 g/mol. The lowest BCUT2D eigenvalue weighted by atomic mass is 10.4. The molecular formula is C9H18O5. The van der Waals surface area contributed by atoms with Gasteiger partial charge in [-0.15, -0.1) is 0 Å². The summed E-state index contributed by atoms with van der Waals surface area (Å²) in [4.78, 5) is 10.9. The third kappa shape index (κ3) is 6.82. The molecule has 0 amide bonds. The van der Waals surface area contributed by atoms with Crippen LogP contribution in [-0.4, -0.2) is 52.7 Å². The lowest BCUT2D eigenvalue weighted by molar-refractivity contribution is -0.153. The van der Waals surface area contributed by atoms with Gasteiger partial charge in [-0.1, -0.05) is 0 Å². The zero-order valence-corrected chi connectivity index (χ0v) is 8.95. The van der Waals surface area contributed by atoms with Crippen molar-refractivity contribution in [3.63, 3.8) is 0 Å². The van der Waals surface area contributed by atoms with E-state index < -0.39 is 6.10 Å². The van der Waals surface area contributed by atoms with Gasteiger partial charge in [0.1, 0.15) is 0 Å². The molecule has 14 heavy (non-hydrogen) atoms. The molecule has 0 fully saturated rings. The van der Waals surface area contributed by atoms with Gasteiger partial charge >= 0.3 is 5.97 Å². The average Bonchev–Trinajstić information content (AvgIpc) is 2.21. The molecule has 0 aliphatic rings. The van der Waals surface area contributed by atoms with E-state index in [2.05, 4.69) is 4.74 Å². The van der Waals surface area contributed by atoms with Crippen molar-refractivity contribution in [1.29, 1.82) is 0 Å². The van der Waals surface area contributed by atoms with Gasteiger partial charge in [0.15, 0.2) is 6.10 Å². The summed E-state index contributed by atoms with van der Waals surface area (Å²) in [5, 5.41) is 0. The SMILES string of the molecule is COCCOCCO[C@@H](C)C(=O)OC. The van der Waals surface area contributed by atoms with Crippen LogP contribution in [0.2, 0.25) is 0 Å². The van der Waals surface area contributed by atoms with Crippen molar-refractivity contribution in [1.82, 2.24) is 0 Å². The van der Waals surface area contributed by atoms with Crippen molar-refractivity contribution < 1.29 is 23.7 Å². The second kappa shape index (κ2) is 8.93. The molecule has 1 atom stereocenters. The van der Waals surface area contributed by atoms with Gasteiger partial charge in [0.25, 0.3) is 0 Å². The van der Waals surface area contributed by atoms with Gasteiger partial charge in [-0.25, -0.2) is 4.79 Å². The number of esters is 1. The first-order valence-corrected chi connectivity index (χ1v) is 4.48. The van der Waals surface area contributed by atoms with E-state index in [1.807, 2.05) is 0 Å². The minimum absolute atomic E-state index is 0.373. The Bertz CT molecular complexity index is 148. The summed E-state index contributed by atoms with van der Waals surface area (Å²) in [5.41, 5.74) is 0. The number of methoxy groups -OCH3 is 2. The standard InChI is InChI=1S/C9H18O5/c1-8(9(10)12-3)14-7-6-13-5-4-11-2/h8H,4-7H2,1-3H3/t8-/m0/s1. The topological polar surface area (TPSA) is 54.0 Å². The van der Waals surface area contributed by atoms with Crippen LogP contribution in [0.5, 0.6) is 0 Å². The minimum Gasteiger partial charge on any atom is -0.467 e. The molecule has 0 aromatic rings. The highest BCUT2D eigenvalue weighted by Crippen LogP contribution is 1.93. The Kier molecular flexibility index (Phi) is 8.51. The first-order valence-electron chi connectivity index (χ1n) is 4.48. The lowest BCUT2D eigenvalue weighted by Gasteiger charge is -2.10. The maximum Gasteiger partial charge on any atom is 0.334 e. The Labute approximate surface area is 84.3 Å². The summed E-state index contributed by atoms with van der Waals surface area (Å²) in [5.74, 6) is -0.373. The van der Waals surface area contributed by atoms with Crippen molar-refractivity contribution in [3.05, 3.63) is 0 Å². The van der Waals surface area contributed by atoms with Gasteiger partial charge in [0.2, 0.25) is 0 Å². The largest absolute Gasteiger partial charge is 0.467 e. The van der Waals surface area contributed by atoms with E-state index in [0.29, 0.717) is 26.4 Å². The monoisotopic (exact) mass is 206 g/mol. The summed E-state index contributed by atoms with van der Waals surface area (Å²) >= 11 is 0. The molecule has 0 saturated heterocycles. The number of ether oxygens (including phenoxy) is 4. The van der Waals surface area contributed by atoms with E-state index in [0.717, 1.165) is 0 Å². The van der Waals surface area contributed by atoms with E-state index in [1.165, 1.54) is 7.11 Å². The normalized spacial score (nSPS) is 12.5. The summed E-state index contributed by atoms with van der Waals surface area (Å²) in [6, 6.07) is 0. The van der Waals surface area contributed by atoms with Crippen LogP contribution in [0, 0.1) is 0 Å². The fourth-order valence-corrected chi connectivity index (χ4v) is 0.762. The van der Waals surface area contributed by atoms with E-state index in [-0.39, 0.29) is 5.97 Å². The third-order valence-electron chi connectivity index (χ3n) is 1.56. The van der Waals surface area contributed by atoms with Crippen LogP contribution < -0.4 is 0 Å². The van der Waals surface area contributed by atoms with Crippen molar-refractivity contribution >= 4 is 5.97 Å². The van der Waals surface area contributed by atoms with E-state index in [1.54, 1.807) is 14.0 Å². The van der Waals surface area contributed by atoms with E-state index in [9.17, 15) is 4.79 Å². The second-order valence-electron chi connectivity index (χ2n) is 2.64. The number of carbonyl (C=O) groups excluding carboxylic acids is 1. The predicted molar refractivity (Wildman–Crippen MR) is 50.1 cm³/mol. The lowest BCUT2D eigenvalue weighted by Crippen LogP contribution is -2.24. The molecule has 0 bridgehead atoms. The van der Waals surface area contributed by atoms with Gasteiger partial charge in [0.05, 0.1) is 33.5 Å². The van der Waals surface area contributed by atoms with Gasteiger partial charge in [-0.3, -0.25) is 0 Å². The molecule has 0 saturated carbocycles. The summed E-state index contributed by atoms with van der Waals surface area (Å²) in [6.45, 7) is 3.56. The van der Waals surface area contributed by atoms with Crippen molar-refractivity contribution in [2.75, 3.05) is 40.6 Å². The van der Waals surface area contributed by atoms with E-state index >= 15 is 0 Å². The van der Waals surface area contributed by atoms with Crippen LogP contribution in [0.1, 0.15) is 6.92 Å². The minimum atomic E-state index is -0.536. The highest BCUT2D eigenvalue weighted by Gasteiger charge is 2.12.